The van der Waals surface area contributed by atoms with Gasteiger partial charge in [0.2, 0.25) is 0 Å². The molecule has 19 heavy (non-hydrogen) atoms. The molecule has 0 saturated carbocycles. The molecule has 1 heterocycles. The summed E-state index contributed by atoms with van der Waals surface area (Å²) in [6.07, 6.45) is 2.92. The number of pyridine rings is 1. The highest BCUT2D eigenvalue weighted by Gasteiger charge is 2.24. The minimum absolute atomic E-state index is 0.212. The van der Waals surface area contributed by atoms with E-state index < -0.39 is 0 Å². The molecule has 0 radical (unpaired) electrons. The summed E-state index contributed by atoms with van der Waals surface area (Å²) in [4.78, 5) is 16.9. The number of hydrogen-bond acceptors (Lipinski definition) is 3. The number of aryl methyl sites for hydroxylation is 3. The van der Waals surface area contributed by atoms with Crippen LogP contribution in [0.15, 0.2) is 12.1 Å². The third-order valence-corrected chi connectivity index (χ3v) is 3.81. The molecular weight excluding hydrogens is 238 g/mol. The number of fused-ring (bicyclic) bond motifs is 2. The van der Waals surface area contributed by atoms with E-state index in [4.69, 9.17) is 10.8 Å². The van der Waals surface area contributed by atoms with Crippen LogP contribution in [-0.4, -0.2) is 10.9 Å². The topological polar surface area (TPSA) is 68.0 Å². The Kier molecular flexibility index (Phi) is 2.75. The van der Waals surface area contributed by atoms with Crippen LogP contribution in [0.5, 0.6) is 0 Å². The quantitative estimate of drug-likeness (QED) is 0.465. The lowest BCUT2D eigenvalue weighted by molar-refractivity contribution is 0.0954. The van der Waals surface area contributed by atoms with Gasteiger partial charge in [-0.2, -0.15) is 0 Å². The van der Waals surface area contributed by atoms with Crippen molar-refractivity contribution in [2.24, 2.45) is 5.84 Å². The maximum Gasteiger partial charge on any atom is 0.266 e. The van der Waals surface area contributed by atoms with E-state index in [1.165, 1.54) is 0 Å². The Morgan fingerprint density at radius 1 is 1.32 bits per heavy atom. The molecule has 0 saturated heterocycles. The van der Waals surface area contributed by atoms with E-state index in [9.17, 15) is 4.79 Å². The summed E-state index contributed by atoms with van der Waals surface area (Å²) in [7, 11) is 0. The predicted octanol–water partition coefficient (Wildman–Crippen LogP) is 1.94. The molecule has 1 aromatic carbocycles. The van der Waals surface area contributed by atoms with Gasteiger partial charge in [-0.3, -0.25) is 15.2 Å². The van der Waals surface area contributed by atoms with Crippen LogP contribution in [0, 0.1) is 13.8 Å². The van der Waals surface area contributed by atoms with Gasteiger partial charge in [0.25, 0.3) is 5.91 Å². The second kappa shape index (κ2) is 4.31. The van der Waals surface area contributed by atoms with E-state index in [-0.39, 0.29) is 5.91 Å². The Hall–Kier alpha value is -1.94. The third kappa shape index (κ3) is 1.79. The van der Waals surface area contributed by atoms with Crippen LogP contribution >= 0.6 is 0 Å². The maximum absolute atomic E-state index is 12.1. The smallest absolute Gasteiger partial charge is 0.266 e. The first kappa shape index (κ1) is 12.1. The molecule has 1 aliphatic carbocycles. The monoisotopic (exact) mass is 255 g/mol. The highest BCUT2D eigenvalue weighted by Crippen LogP contribution is 2.31. The van der Waals surface area contributed by atoms with Crippen molar-refractivity contribution < 1.29 is 4.79 Å². The molecule has 4 heteroatoms. The van der Waals surface area contributed by atoms with Gasteiger partial charge >= 0.3 is 0 Å². The zero-order valence-corrected chi connectivity index (χ0v) is 11.2. The third-order valence-electron chi connectivity index (χ3n) is 3.81. The van der Waals surface area contributed by atoms with Crippen molar-refractivity contribution in [1.29, 1.82) is 0 Å². The molecule has 0 unspecified atom stereocenters. The molecule has 0 atom stereocenters. The number of carbonyl (C=O) groups excluding carboxylic acids is 1. The summed E-state index contributed by atoms with van der Waals surface area (Å²) in [6, 6.07) is 4.12. The summed E-state index contributed by atoms with van der Waals surface area (Å²) in [6.45, 7) is 4.07. The van der Waals surface area contributed by atoms with Crippen LogP contribution < -0.4 is 11.3 Å². The number of hydrogen-bond donors (Lipinski definition) is 2. The SMILES string of the molecule is Cc1cc(C)c2nc3c(c(C(=O)NN)c2c1)CCC3. The van der Waals surface area contributed by atoms with Crippen LogP contribution in [0.4, 0.5) is 0 Å². The Morgan fingerprint density at radius 3 is 2.84 bits per heavy atom. The van der Waals surface area contributed by atoms with E-state index >= 15 is 0 Å². The van der Waals surface area contributed by atoms with Crippen LogP contribution in [0.25, 0.3) is 10.9 Å². The van der Waals surface area contributed by atoms with Gasteiger partial charge in [-0.15, -0.1) is 0 Å². The van der Waals surface area contributed by atoms with Gasteiger partial charge in [-0.1, -0.05) is 11.6 Å². The highest BCUT2D eigenvalue weighted by atomic mass is 16.2. The average molecular weight is 255 g/mol. The summed E-state index contributed by atoms with van der Waals surface area (Å²) < 4.78 is 0. The minimum Gasteiger partial charge on any atom is -0.290 e. The molecule has 2 aromatic rings. The normalized spacial score (nSPS) is 13.6. The second-order valence-corrected chi connectivity index (χ2v) is 5.22. The van der Waals surface area contributed by atoms with Gasteiger partial charge in [-0.25, -0.2) is 5.84 Å². The zero-order chi connectivity index (χ0) is 13.6. The van der Waals surface area contributed by atoms with Crippen molar-refractivity contribution in [3.05, 3.63) is 40.1 Å². The Balaban J connectivity index is 2.45. The molecule has 98 valence electrons. The lowest BCUT2D eigenvalue weighted by Crippen LogP contribution is -2.31. The van der Waals surface area contributed by atoms with Crippen LogP contribution in [0.2, 0.25) is 0 Å². The van der Waals surface area contributed by atoms with E-state index in [0.29, 0.717) is 5.56 Å². The summed E-state index contributed by atoms with van der Waals surface area (Å²) in [5, 5.41) is 0.918. The summed E-state index contributed by atoms with van der Waals surface area (Å²) in [5.41, 5.74) is 8.28. The molecule has 0 aliphatic heterocycles. The van der Waals surface area contributed by atoms with Gasteiger partial charge in [0, 0.05) is 11.1 Å². The number of nitrogens with two attached hydrogens (primary N) is 1. The van der Waals surface area contributed by atoms with Crippen molar-refractivity contribution in [2.45, 2.75) is 33.1 Å². The Labute approximate surface area is 112 Å². The molecule has 1 aromatic heterocycles. The fourth-order valence-corrected chi connectivity index (χ4v) is 3.05. The van der Waals surface area contributed by atoms with Gasteiger partial charge in [0.1, 0.15) is 0 Å². The maximum atomic E-state index is 12.1. The number of hydrazine groups is 1. The average Bonchev–Trinajstić information content (AvgIpc) is 2.83. The van der Waals surface area contributed by atoms with E-state index in [2.05, 4.69) is 11.5 Å². The lowest BCUT2D eigenvalue weighted by Gasteiger charge is -2.13. The highest BCUT2D eigenvalue weighted by molar-refractivity contribution is 6.08. The van der Waals surface area contributed by atoms with Crippen molar-refractivity contribution in [3.8, 4) is 0 Å². The van der Waals surface area contributed by atoms with Crippen molar-refractivity contribution in [1.82, 2.24) is 10.4 Å². The number of nitrogen functional groups attached to an aromatic ring is 1. The van der Waals surface area contributed by atoms with E-state index in [1.54, 1.807) is 0 Å². The Bertz CT molecular complexity index is 692. The first-order chi connectivity index (χ1) is 9.11. The zero-order valence-electron chi connectivity index (χ0n) is 11.2. The number of nitrogens with one attached hydrogen (secondary N) is 1. The van der Waals surface area contributed by atoms with Gasteiger partial charge in [0.05, 0.1) is 11.1 Å². The van der Waals surface area contributed by atoms with Crippen LogP contribution in [0.1, 0.15) is 39.2 Å². The number of aromatic nitrogens is 1. The van der Waals surface area contributed by atoms with Crippen LogP contribution in [0.3, 0.4) is 0 Å². The predicted molar refractivity (Wildman–Crippen MR) is 74.9 cm³/mol. The van der Waals surface area contributed by atoms with Gasteiger partial charge < -0.3 is 0 Å². The molecule has 3 rings (SSSR count). The molecule has 1 amide bonds. The molecule has 4 nitrogen and oxygen atoms in total. The molecule has 3 N–H and O–H groups in total. The lowest BCUT2D eigenvalue weighted by atomic mass is 9.97. The van der Waals surface area contributed by atoms with Gasteiger partial charge in [-0.05, 0) is 50.3 Å². The molecule has 0 bridgehead atoms. The first-order valence-electron chi connectivity index (χ1n) is 6.55. The van der Waals surface area contributed by atoms with E-state index in [1.807, 2.05) is 19.9 Å². The fraction of sp³-hybridized carbons (Fsp3) is 0.333. The summed E-state index contributed by atoms with van der Waals surface area (Å²) >= 11 is 0. The first-order valence-corrected chi connectivity index (χ1v) is 6.55. The summed E-state index contributed by atoms with van der Waals surface area (Å²) in [5.74, 6) is 5.13. The number of nitrogens with zero attached hydrogens (tertiary/aromatic N) is 1. The number of rotatable bonds is 1. The van der Waals surface area contributed by atoms with Crippen molar-refractivity contribution >= 4 is 16.8 Å². The van der Waals surface area contributed by atoms with Gasteiger partial charge in [0.15, 0.2) is 0 Å². The fourth-order valence-electron chi connectivity index (χ4n) is 3.05. The number of carbonyl (C=O) groups is 1. The standard InChI is InChI=1S/C15H17N3O/c1-8-6-9(2)14-11(7-8)13(15(19)18-16)10-4-3-5-12(10)17-14/h6-7H,3-5,16H2,1-2H3,(H,18,19). The number of amides is 1. The molecule has 0 fully saturated rings. The largest absolute Gasteiger partial charge is 0.290 e. The van der Waals surface area contributed by atoms with Crippen LogP contribution in [-0.2, 0) is 12.8 Å². The number of benzene rings is 1. The minimum atomic E-state index is -0.212. The van der Waals surface area contributed by atoms with Crippen molar-refractivity contribution in [2.75, 3.05) is 0 Å². The molecule has 1 aliphatic rings. The van der Waals surface area contributed by atoms with Crippen molar-refractivity contribution in [3.63, 3.8) is 0 Å². The molecule has 0 spiro atoms. The second-order valence-electron chi connectivity index (χ2n) is 5.22. The Morgan fingerprint density at radius 2 is 2.11 bits per heavy atom. The molecular formula is C15H17N3O. The van der Waals surface area contributed by atoms with E-state index in [0.717, 1.165) is 52.5 Å².